The standard InChI is InChI=1S/C17H17Cl2N.ClH.H2S/c1-20-11-17(13-5-3-2-4-6-13)10-14(17)12-7-8-15(18)16(19)9-12;;/h2-9,14,20H,10-11H2,1H3;1H;1H2/t14-,17-;;/m1../s1. The van der Waals surface area contributed by atoms with Gasteiger partial charge in [-0.15, -0.1) is 12.4 Å². The molecule has 0 heterocycles. The molecule has 2 aromatic rings. The number of likely N-dealkylation sites (N-methyl/N-ethyl adjacent to an activating group) is 1. The molecule has 0 saturated heterocycles. The third kappa shape index (κ3) is 3.58. The molecule has 0 spiro atoms. The topological polar surface area (TPSA) is 12.0 Å². The van der Waals surface area contributed by atoms with Crippen molar-refractivity contribution in [3.8, 4) is 0 Å². The lowest BCUT2D eigenvalue weighted by Gasteiger charge is -2.18. The van der Waals surface area contributed by atoms with Gasteiger partial charge in [-0.05, 0) is 42.6 Å². The highest BCUT2D eigenvalue weighted by Gasteiger charge is 2.55. The van der Waals surface area contributed by atoms with Gasteiger partial charge in [-0.1, -0.05) is 59.6 Å². The number of benzene rings is 2. The molecule has 0 aromatic heterocycles. The summed E-state index contributed by atoms with van der Waals surface area (Å²) in [7, 11) is 2.01. The van der Waals surface area contributed by atoms with Crippen LogP contribution in [0.2, 0.25) is 10.0 Å². The molecule has 0 amide bonds. The third-order valence-corrected chi connectivity index (χ3v) is 5.00. The Balaban J connectivity index is 0.00000121. The Labute approximate surface area is 155 Å². The summed E-state index contributed by atoms with van der Waals surface area (Å²) in [6, 6.07) is 16.7. The van der Waals surface area contributed by atoms with Crippen molar-refractivity contribution in [1.29, 1.82) is 0 Å². The second kappa shape index (κ2) is 7.94. The molecule has 1 nitrogen and oxygen atoms in total. The van der Waals surface area contributed by atoms with Crippen molar-refractivity contribution in [1.82, 2.24) is 5.32 Å². The molecule has 0 bridgehead atoms. The largest absolute Gasteiger partial charge is 0.319 e. The van der Waals surface area contributed by atoms with E-state index in [9.17, 15) is 0 Å². The van der Waals surface area contributed by atoms with Crippen LogP contribution in [0.5, 0.6) is 0 Å². The number of halogens is 3. The van der Waals surface area contributed by atoms with Gasteiger partial charge in [-0.25, -0.2) is 0 Å². The van der Waals surface area contributed by atoms with Gasteiger partial charge >= 0.3 is 0 Å². The van der Waals surface area contributed by atoms with E-state index in [1.807, 2.05) is 19.2 Å². The molecule has 2 atom stereocenters. The molecule has 1 N–H and O–H groups in total. The minimum absolute atomic E-state index is 0. The fourth-order valence-electron chi connectivity index (χ4n) is 3.17. The molecule has 3 rings (SSSR count). The van der Waals surface area contributed by atoms with E-state index in [4.69, 9.17) is 23.2 Å². The van der Waals surface area contributed by atoms with Crippen molar-refractivity contribution in [2.75, 3.05) is 13.6 Å². The van der Waals surface area contributed by atoms with E-state index in [1.54, 1.807) is 0 Å². The summed E-state index contributed by atoms with van der Waals surface area (Å²) in [5.74, 6) is 0.507. The van der Waals surface area contributed by atoms with Crippen LogP contribution in [0.15, 0.2) is 48.5 Å². The molecule has 1 aliphatic carbocycles. The maximum absolute atomic E-state index is 6.15. The van der Waals surface area contributed by atoms with Crippen LogP contribution in [0.3, 0.4) is 0 Å². The molecule has 22 heavy (non-hydrogen) atoms. The molecule has 1 aliphatic rings. The van der Waals surface area contributed by atoms with E-state index >= 15 is 0 Å². The molecule has 5 heteroatoms. The lowest BCUT2D eigenvalue weighted by atomic mass is 9.90. The predicted molar refractivity (Wildman–Crippen MR) is 103 cm³/mol. The van der Waals surface area contributed by atoms with Crippen molar-refractivity contribution in [2.45, 2.75) is 17.8 Å². The quantitative estimate of drug-likeness (QED) is 0.776. The van der Waals surface area contributed by atoms with Crippen LogP contribution in [0.1, 0.15) is 23.5 Å². The fraction of sp³-hybridized carbons (Fsp3) is 0.294. The van der Waals surface area contributed by atoms with Crippen molar-refractivity contribution < 1.29 is 0 Å². The van der Waals surface area contributed by atoms with Crippen molar-refractivity contribution in [3.05, 3.63) is 69.7 Å². The van der Waals surface area contributed by atoms with Gasteiger partial charge in [0.25, 0.3) is 0 Å². The van der Waals surface area contributed by atoms with Gasteiger partial charge in [-0.3, -0.25) is 0 Å². The average molecular weight is 377 g/mol. The van der Waals surface area contributed by atoms with Crippen LogP contribution >= 0.6 is 49.1 Å². The van der Waals surface area contributed by atoms with Gasteiger partial charge in [0, 0.05) is 12.0 Å². The van der Waals surface area contributed by atoms with E-state index in [0.29, 0.717) is 16.0 Å². The first-order chi connectivity index (χ1) is 9.67. The Morgan fingerprint density at radius 1 is 1.09 bits per heavy atom. The Kier molecular flexibility index (Phi) is 7.10. The van der Waals surface area contributed by atoms with Crippen molar-refractivity contribution in [3.63, 3.8) is 0 Å². The van der Waals surface area contributed by atoms with E-state index in [-0.39, 0.29) is 31.3 Å². The molecule has 120 valence electrons. The summed E-state index contributed by atoms with van der Waals surface area (Å²) in [6.07, 6.45) is 1.15. The maximum Gasteiger partial charge on any atom is 0.0595 e. The Bertz CT molecular complexity index is 621. The SMILES string of the molecule is CNC[C@@]1(c2ccccc2)C[C@@H]1c1ccc(Cl)c(Cl)c1.Cl.S. The van der Waals surface area contributed by atoms with Gasteiger partial charge in [0.05, 0.1) is 10.0 Å². The minimum atomic E-state index is 0. The zero-order valence-corrected chi connectivity index (χ0v) is 15.6. The van der Waals surface area contributed by atoms with Gasteiger partial charge in [0.1, 0.15) is 0 Å². The Morgan fingerprint density at radius 2 is 1.77 bits per heavy atom. The lowest BCUT2D eigenvalue weighted by Crippen LogP contribution is -2.25. The second-order valence-corrected chi connectivity index (χ2v) is 6.30. The first-order valence-electron chi connectivity index (χ1n) is 6.82. The highest BCUT2D eigenvalue weighted by molar-refractivity contribution is 7.59. The normalized spacial score (nSPS) is 22.4. The number of hydrogen-bond donors (Lipinski definition) is 1. The minimum Gasteiger partial charge on any atom is -0.319 e. The molecular formula is C17H20Cl3NS. The van der Waals surface area contributed by atoms with Crippen LogP contribution in [-0.2, 0) is 5.41 Å². The Hall–Kier alpha value is -0.380. The maximum atomic E-state index is 6.15. The molecule has 0 aliphatic heterocycles. The highest BCUT2D eigenvalue weighted by atomic mass is 35.5. The summed E-state index contributed by atoms with van der Waals surface area (Å²) < 4.78 is 0. The predicted octanol–water partition coefficient (Wildman–Crippen LogP) is 5.17. The second-order valence-electron chi connectivity index (χ2n) is 5.48. The van der Waals surface area contributed by atoms with Crippen molar-refractivity contribution >= 4 is 49.1 Å². The number of hydrogen-bond acceptors (Lipinski definition) is 1. The first kappa shape index (κ1) is 19.7. The van der Waals surface area contributed by atoms with Crippen molar-refractivity contribution in [2.24, 2.45) is 0 Å². The highest BCUT2D eigenvalue weighted by Crippen LogP contribution is 2.60. The van der Waals surface area contributed by atoms with E-state index in [2.05, 4.69) is 41.7 Å². The van der Waals surface area contributed by atoms with Crippen LogP contribution in [0.4, 0.5) is 0 Å². The number of nitrogens with one attached hydrogen (secondary N) is 1. The zero-order chi connectivity index (χ0) is 14.2. The molecule has 2 aromatic carbocycles. The molecule has 0 radical (unpaired) electrons. The molecular weight excluding hydrogens is 357 g/mol. The summed E-state index contributed by atoms with van der Waals surface area (Å²) in [5, 5.41) is 4.60. The van der Waals surface area contributed by atoms with Gasteiger partial charge in [-0.2, -0.15) is 13.5 Å². The van der Waals surface area contributed by atoms with Crippen LogP contribution < -0.4 is 5.32 Å². The van der Waals surface area contributed by atoms with E-state index in [1.165, 1.54) is 11.1 Å². The van der Waals surface area contributed by atoms with Gasteiger partial charge in [0.2, 0.25) is 0 Å². The molecule has 0 unspecified atom stereocenters. The monoisotopic (exact) mass is 375 g/mol. The summed E-state index contributed by atoms with van der Waals surface area (Å²) in [6.45, 7) is 0.974. The van der Waals surface area contributed by atoms with Crippen LogP contribution in [-0.4, -0.2) is 13.6 Å². The summed E-state index contributed by atoms with van der Waals surface area (Å²) in [4.78, 5) is 0. The van der Waals surface area contributed by atoms with Gasteiger partial charge < -0.3 is 5.32 Å². The summed E-state index contributed by atoms with van der Waals surface area (Å²) >= 11 is 12.2. The fourth-order valence-corrected chi connectivity index (χ4v) is 3.48. The molecule has 1 fully saturated rings. The lowest BCUT2D eigenvalue weighted by molar-refractivity contribution is 0.605. The van der Waals surface area contributed by atoms with Crippen LogP contribution in [0.25, 0.3) is 0 Å². The number of rotatable bonds is 4. The smallest absolute Gasteiger partial charge is 0.0595 e. The zero-order valence-electron chi connectivity index (χ0n) is 12.3. The third-order valence-electron chi connectivity index (χ3n) is 4.26. The summed E-state index contributed by atoms with van der Waals surface area (Å²) in [5.41, 5.74) is 2.86. The Morgan fingerprint density at radius 3 is 2.36 bits per heavy atom. The molecule has 1 saturated carbocycles. The average Bonchev–Trinajstić information content (AvgIpc) is 3.19. The van der Waals surface area contributed by atoms with E-state index in [0.717, 1.165) is 13.0 Å². The van der Waals surface area contributed by atoms with Crippen LogP contribution in [0, 0.1) is 0 Å². The van der Waals surface area contributed by atoms with Gasteiger partial charge in [0.15, 0.2) is 0 Å². The first-order valence-corrected chi connectivity index (χ1v) is 7.58. The van der Waals surface area contributed by atoms with E-state index < -0.39 is 0 Å².